The summed E-state index contributed by atoms with van der Waals surface area (Å²) in [4.78, 5) is 33.6. The van der Waals surface area contributed by atoms with Crippen molar-refractivity contribution in [2.75, 3.05) is 71.9 Å². The van der Waals surface area contributed by atoms with Crippen LogP contribution in [0.2, 0.25) is 0 Å². The molecule has 0 saturated carbocycles. The van der Waals surface area contributed by atoms with Gasteiger partial charge >= 0.3 is 0 Å². The van der Waals surface area contributed by atoms with Gasteiger partial charge in [0.05, 0.1) is 45.7 Å². The van der Waals surface area contributed by atoms with Crippen LogP contribution in [-0.2, 0) is 41.6 Å². The summed E-state index contributed by atoms with van der Waals surface area (Å²) in [6.45, 7) is 6.72. The average Bonchev–Trinajstić information content (AvgIpc) is 3.20. The van der Waals surface area contributed by atoms with Gasteiger partial charge in [-0.2, -0.15) is 16.8 Å². The van der Waals surface area contributed by atoms with Crippen molar-refractivity contribution in [1.82, 2.24) is 9.55 Å². The molecule has 5 aromatic rings. The molecule has 0 fully saturated rings. The fraction of sp³-hybridized carbons (Fsp3) is 0.233. The number of hydrogen-bond donors (Lipinski definition) is 6. The van der Waals surface area contributed by atoms with Gasteiger partial charge in [-0.1, -0.05) is 36.4 Å². The third-order valence-electron chi connectivity index (χ3n) is 9.73. The van der Waals surface area contributed by atoms with Crippen molar-refractivity contribution in [2.24, 2.45) is 0 Å². The Morgan fingerprint density at radius 2 is 1.28 bits per heavy atom. The van der Waals surface area contributed by atoms with Gasteiger partial charge in [0.2, 0.25) is 21.4 Å². The first kappa shape index (κ1) is 48.5. The first-order chi connectivity index (χ1) is 29.9. The van der Waals surface area contributed by atoms with Gasteiger partial charge in [-0.3, -0.25) is 23.4 Å². The van der Waals surface area contributed by atoms with E-state index in [1.165, 1.54) is 31.2 Å². The van der Waals surface area contributed by atoms with Crippen LogP contribution in [0.5, 0.6) is 0 Å². The molecule has 1 aliphatic heterocycles. The largest absolute Gasteiger partial charge is 0.397 e. The zero-order valence-corrected chi connectivity index (χ0v) is 38.8. The topological polar surface area (TPSA) is 263 Å². The summed E-state index contributed by atoms with van der Waals surface area (Å²) in [5.74, 6) is -0.386. The molecule has 7 rings (SSSR count). The Balaban J connectivity index is 0.000000207. The normalized spacial score (nSPS) is 11.7. The molecule has 1 aliphatic carbocycles. The number of rotatable bonds is 10. The zero-order valence-electron chi connectivity index (χ0n) is 36.3. The quantitative estimate of drug-likeness (QED) is 0.0388. The number of aromatic nitrogens is 2. The molecule has 7 N–H and O–H groups in total. The van der Waals surface area contributed by atoms with E-state index < -0.39 is 45.5 Å². The molecular formula is C43H50N8O10S3. The van der Waals surface area contributed by atoms with E-state index in [-0.39, 0.29) is 33.4 Å². The number of carbonyl (C=O) groups is 1. The van der Waals surface area contributed by atoms with E-state index in [0.29, 0.717) is 28.8 Å². The minimum Gasteiger partial charge on any atom is -0.397 e. The minimum atomic E-state index is -4.47. The summed E-state index contributed by atoms with van der Waals surface area (Å²) in [5, 5.41) is 6.61. The van der Waals surface area contributed by atoms with Crippen molar-refractivity contribution < 1.29 is 39.2 Å². The second kappa shape index (κ2) is 19.1. The number of hydrogen-bond acceptors (Lipinski definition) is 13. The summed E-state index contributed by atoms with van der Waals surface area (Å²) in [6.07, 6.45) is 1.05. The van der Waals surface area contributed by atoms with Crippen LogP contribution in [0.3, 0.4) is 0 Å². The van der Waals surface area contributed by atoms with E-state index in [0.717, 1.165) is 53.2 Å². The highest BCUT2D eigenvalue weighted by Crippen LogP contribution is 2.40. The number of nitrogens with one attached hydrogen (secondary N) is 3. The first-order valence-electron chi connectivity index (χ1n) is 19.5. The van der Waals surface area contributed by atoms with E-state index in [2.05, 4.69) is 33.2 Å². The second-order valence-corrected chi connectivity index (χ2v) is 19.4. The number of nitrogens with two attached hydrogens (primary N) is 1. The van der Waals surface area contributed by atoms with Crippen molar-refractivity contribution in [3.05, 3.63) is 101 Å². The van der Waals surface area contributed by atoms with Crippen LogP contribution in [0.15, 0.2) is 106 Å². The summed E-state index contributed by atoms with van der Waals surface area (Å²) in [6, 6.07) is 24.1. The van der Waals surface area contributed by atoms with E-state index >= 15 is 0 Å². The van der Waals surface area contributed by atoms with Crippen LogP contribution in [0.1, 0.15) is 20.8 Å². The molecule has 2 aliphatic rings. The predicted octanol–water partition coefficient (Wildman–Crippen LogP) is 6.17. The number of amides is 1. The van der Waals surface area contributed by atoms with Crippen LogP contribution in [-0.4, -0.2) is 90.8 Å². The molecule has 1 heterocycles. The molecule has 0 spiro atoms. The van der Waals surface area contributed by atoms with Gasteiger partial charge in [0.1, 0.15) is 15.5 Å². The molecule has 64 heavy (non-hydrogen) atoms. The van der Waals surface area contributed by atoms with Gasteiger partial charge in [0, 0.05) is 81.1 Å². The Bertz CT molecular complexity index is 3210. The Morgan fingerprint density at radius 3 is 1.78 bits per heavy atom. The zero-order chi connectivity index (χ0) is 47.5. The van der Waals surface area contributed by atoms with Crippen LogP contribution >= 0.6 is 0 Å². The van der Waals surface area contributed by atoms with E-state index in [1.54, 1.807) is 18.2 Å². The molecule has 0 saturated heterocycles. The number of benzene rings is 6. The highest BCUT2D eigenvalue weighted by molar-refractivity contribution is 7.92. The third-order valence-corrected chi connectivity index (χ3v) is 12.1. The Labute approximate surface area is 371 Å². The average molecular weight is 935 g/mol. The molecule has 340 valence electrons. The van der Waals surface area contributed by atoms with Crippen molar-refractivity contribution in [1.29, 1.82) is 0 Å². The molecular weight excluding hydrogens is 885 g/mol. The number of aryl methyl sites for hydroxylation is 1. The van der Waals surface area contributed by atoms with E-state index in [9.17, 15) is 34.8 Å². The summed E-state index contributed by atoms with van der Waals surface area (Å²) in [5.41, 5.74) is 12.0. The minimum absolute atomic E-state index is 0.0233. The Kier molecular flexibility index (Phi) is 14.5. The SMILES string of the molecule is CCNc1cc(N(C)C)ccc1N.CCn1c2c(NC(C)=O)c(=O)c3cccc(NS(C)(=O)=O)c3c-2nc2ccc(N(C)C)cc21.O=S(=O)(O)c1cccc2c(S(=O)(=O)O)cccc12. The van der Waals surface area contributed by atoms with Gasteiger partial charge in [-0.15, -0.1) is 0 Å². The maximum Gasteiger partial charge on any atom is 0.295 e. The van der Waals surface area contributed by atoms with Gasteiger partial charge in [0.25, 0.3) is 20.2 Å². The molecule has 5 aromatic carbocycles. The highest BCUT2D eigenvalue weighted by atomic mass is 32.2. The number of carbonyl (C=O) groups excluding carboxylic acids is 1. The van der Waals surface area contributed by atoms with Crippen molar-refractivity contribution in [3.8, 4) is 11.4 Å². The van der Waals surface area contributed by atoms with E-state index in [4.69, 9.17) is 19.8 Å². The lowest BCUT2D eigenvalue weighted by molar-refractivity contribution is -0.114. The molecule has 1 amide bonds. The maximum absolute atomic E-state index is 13.5. The number of nitrogens with zero attached hydrogens (tertiary/aromatic N) is 4. The molecule has 0 atom stereocenters. The smallest absolute Gasteiger partial charge is 0.295 e. The third kappa shape index (κ3) is 10.8. The lowest BCUT2D eigenvalue weighted by atomic mass is 9.99. The van der Waals surface area contributed by atoms with E-state index in [1.807, 2.05) is 74.9 Å². The monoisotopic (exact) mass is 934 g/mol. The first-order valence-corrected chi connectivity index (χ1v) is 24.3. The standard InChI is InChI=1S/C23H25N5O4S.C10H17N3.C10H8O6S2/c1-6-28-18-12-14(27(3)4)10-11-16(18)25-20-19-15(8-7-9-17(19)26-33(5,31)32)23(30)21(22(20)28)24-13(2)29;1-4-12-10-7-8(13(2)3)5-6-9(10)11;11-17(12,13)9-5-1-3-7-8(9)4-2-6-10(7)18(14,15)16/h7-12,26H,6H2,1-5H3,(H,24,29);5-7,12H,4,11H2,1-3H3;1-6H,(H,11,12,13)(H,14,15,16). The fourth-order valence-electron chi connectivity index (χ4n) is 6.96. The molecule has 0 aromatic heterocycles. The van der Waals surface area contributed by atoms with Crippen molar-refractivity contribution in [3.63, 3.8) is 0 Å². The summed E-state index contributed by atoms with van der Waals surface area (Å²) >= 11 is 0. The molecule has 0 radical (unpaired) electrons. The number of anilines is 6. The summed E-state index contributed by atoms with van der Waals surface area (Å²) in [7, 11) is -4.66. The van der Waals surface area contributed by atoms with Crippen LogP contribution in [0, 0.1) is 0 Å². The van der Waals surface area contributed by atoms with Gasteiger partial charge in [0.15, 0.2) is 0 Å². The van der Waals surface area contributed by atoms with Crippen LogP contribution in [0.25, 0.3) is 44.0 Å². The number of nitrogen functional groups attached to an aromatic ring is 1. The molecule has 18 nitrogen and oxygen atoms in total. The molecule has 21 heteroatoms. The lowest BCUT2D eigenvalue weighted by Crippen LogP contribution is -2.22. The lowest BCUT2D eigenvalue weighted by Gasteiger charge is -2.24. The van der Waals surface area contributed by atoms with Gasteiger partial charge < -0.3 is 30.7 Å². The second-order valence-electron chi connectivity index (χ2n) is 14.9. The summed E-state index contributed by atoms with van der Waals surface area (Å²) < 4.78 is 91.2. The highest BCUT2D eigenvalue weighted by Gasteiger charge is 2.27. The molecule has 0 bridgehead atoms. The Hall–Kier alpha value is -6.52. The van der Waals surface area contributed by atoms with Crippen molar-refractivity contribution in [2.45, 2.75) is 37.1 Å². The number of fused-ring (bicyclic) bond motifs is 5. The van der Waals surface area contributed by atoms with Crippen LogP contribution in [0.4, 0.5) is 34.1 Å². The molecule has 0 unspecified atom stereocenters. The maximum atomic E-state index is 13.5. The van der Waals surface area contributed by atoms with Gasteiger partial charge in [-0.05, 0) is 68.4 Å². The predicted molar refractivity (Wildman–Crippen MR) is 256 cm³/mol. The Morgan fingerprint density at radius 1 is 0.750 bits per heavy atom. The fourth-order valence-corrected chi connectivity index (χ4v) is 8.94. The van der Waals surface area contributed by atoms with Crippen LogP contribution < -0.4 is 36.3 Å². The van der Waals surface area contributed by atoms with Gasteiger partial charge in [-0.25, -0.2) is 13.4 Å². The number of sulfonamides is 1. The van der Waals surface area contributed by atoms with Crippen molar-refractivity contribution >= 4 is 103 Å².